The number of hydrogen-bond donors (Lipinski definition) is 0. The maximum Gasteiger partial charge on any atom is 0.224 e. The lowest BCUT2D eigenvalue weighted by molar-refractivity contribution is -0.133. The van der Waals surface area contributed by atoms with E-state index in [4.69, 9.17) is 16.3 Å². The van der Waals surface area contributed by atoms with Crippen LogP contribution in [0.5, 0.6) is 0 Å². The monoisotopic (exact) mass is 221 g/mol. The Kier molecular flexibility index (Phi) is 7.90. The highest BCUT2D eigenvalue weighted by Crippen LogP contribution is 2.06. The van der Waals surface area contributed by atoms with Crippen LogP contribution in [0.3, 0.4) is 0 Å². The highest BCUT2D eigenvalue weighted by atomic mass is 35.5. The van der Waals surface area contributed by atoms with Crippen LogP contribution in [0.1, 0.15) is 26.7 Å². The van der Waals surface area contributed by atoms with E-state index in [1.165, 1.54) is 0 Å². The van der Waals surface area contributed by atoms with Gasteiger partial charge in [-0.3, -0.25) is 4.79 Å². The molecule has 0 N–H and O–H groups in total. The van der Waals surface area contributed by atoms with Crippen LogP contribution in [-0.2, 0) is 9.53 Å². The summed E-state index contributed by atoms with van der Waals surface area (Å²) in [6.45, 7) is 5.35. The van der Waals surface area contributed by atoms with Crippen molar-refractivity contribution in [1.82, 2.24) is 4.90 Å². The molecule has 0 aliphatic heterocycles. The molecule has 0 aliphatic rings. The molecule has 14 heavy (non-hydrogen) atoms. The number of ether oxygens (including phenoxy) is 1. The highest BCUT2D eigenvalue weighted by Gasteiger charge is 2.17. The van der Waals surface area contributed by atoms with Gasteiger partial charge in [-0.15, -0.1) is 11.6 Å². The van der Waals surface area contributed by atoms with Crippen molar-refractivity contribution in [2.75, 3.05) is 26.1 Å². The van der Waals surface area contributed by atoms with Crippen LogP contribution in [0, 0.1) is 0 Å². The van der Waals surface area contributed by atoms with E-state index in [0.29, 0.717) is 25.5 Å². The first-order valence-electron chi connectivity index (χ1n) is 5.01. The Bertz CT molecular complexity index is 164. The SMILES string of the molecule is CCC(C)N(CCOC)C(=O)CCCl. The number of hydrogen-bond acceptors (Lipinski definition) is 2. The van der Waals surface area contributed by atoms with Crippen molar-refractivity contribution in [2.45, 2.75) is 32.7 Å². The molecule has 4 heteroatoms. The molecule has 0 fully saturated rings. The Morgan fingerprint density at radius 1 is 1.57 bits per heavy atom. The molecule has 0 radical (unpaired) electrons. The fourth-order valence-electron chi connectivity index (χ4n) is 1.23. The molecule has 0 bridgehead atoms. The molecule has 1 unspecified atom stereocenters. The predicted octanol–water partition coefficient (Wildman–Crippen LogP) is 1.89. The Balaban J connectivity index is 4.15. The van der Waals surface area contributed by atoms with E-state index in [2.05, 4.69) is 6.92 Å². The van der Waals surface area contributed by atoms with Crippen LogP contribution in [0.2, 0.25) is 0 Å². The third-order valence-electron chi connectivity index (χ3n) is 2.29. The largest absolute Gasteiger partial charge is 0.383 e. The summed E-state index contributed by atoms with van der Waals surface area (Å²) in [4.78, 5) is 13.5. The van der Waals surface area contributed by atoms with E-state index in [0.717, 1.165) is 6.42 Å². The maximum atomic E-state index is 11.6. The Labute approximate surface area is 91.4 Å². The second-order valence-electron chi connectivity index (χ2n) is 3.28. The maximum absolute atomic E-state index is 11.6. The minimum Gasteiger partial charge on any atom is -0.383 e. The zero-order chi connectivity index (χ0) is 11.0. The van der Waals surface area contributed by atoms with Crippen molar-refractivity contribution in [3.05, 3.63) is 0 Å². The van der Waals surface area contributed by atoms with Gasteiger partial charge in [0.15, 0.2) is 0 Å². The Morgan fingerprint density at radius 2 is 2.21 bits per heavy atom. The van der Waals surface area contributed by atoms with E-state index in [9.17, 15) is 4.79 Å². The van der Waals surface area contributed by atoms with Gasteiger partial charge in [0, 0.05) is 32.0 Å². The van der Waals surface area contributed by atoms with Gasteiger partial charge in [0.2, 0.25) is 5.91 Å². The molecule has 0 aromatic heterocycles. The first-order valence-corrected chi connectivity index (χ1v) is 5.55. The minimum atomic E-state index is 0.117. The van der Waals surface area contributed by atoms with E-state index in [1.54, 1.807) is 7.11 Å². The topological polar surface area (TPSA) is 29.5 Å². The van der Waals surface area contributed by atoms with Gasteiger partial charge in [0.25, 0.3) is 0 Å². The summed E-state index contributed by atoms with van der Waals surface area (Å²) in [6, 6.07) is 0.265. The number of alkyl halides is 1. The Hall–Kier alpha value is -0.280. The zero-order valence-electron chi connectivity index (χ0n) is 9.25. The summed E-state index contributed by atoms with van der Waals surface area (Å²) in [5, 5.41) is 0. The van der Waals surface area contributed by atoms with Gasteiger partial charge in [-0.05, 0) is 13.3 Å². The number of nitrogens with zero attached hydrogens (tertiary/aromatic N) is 1. The first-order chi connectivity index (χ1) is 6.67. The van der Waals surface area contributed by atoms with Gasteiger partial charge in [0.1, 0.15) is 0 Å². The van der Waals surface area contributed by atoms with Crippen LogP contribution in [0.15, 0.2) is 0 Å². The van der Waals surface area contributed by atoms with Crippen LogP contribution in [0.25, 0.3) is 0 Å². The van der Waals surface area contributed by atoms with Gasteiger partial charge in [-0.2, -0.15) is 0 Å². The van der Waals surface area contributed by atoms with Crippen molar-refractivity contribution in [1.29, 1.82) is 0 Å². The number of halogens is 1. The van der Waals surface area contributed by atoms with Crippen molar-refractivity contribution in [3.8, 4) is 0 Å². The third kappa shape index (κ3) is 4.82. The number of methoxy groups -OCH3 is 1. The predicted molar refractivity (Wildman–Crippen MR) is 58.7 cm³/mol. The highest BCUT2D eigenvalue weighted by molar-refractivity contribution is 6.18. The quantitative estimate of drug-likeness (QED) is 0.615. The van der Waals surface area contributed by atoms with Gasteiger partial charge < -0.3 is 9.64 Å². The molecule has 0 aromatic carbocycles. The molecule has 0 rings (SSSR count). The van der Waals surface area contributed by atoms with Crippen LogP contribution >= 0.6 is 11.6 Å². The summed E-state index contributed by atoms with van der Waals surface area (Å²) in [5.41, 5.74) is 0. The normalized spacial score (nSPS) is 12.6. The van der Waals surface area contributed by atoms with E-state index in [1.807, 2.05) is 11.8 Å². The lowest BCUT2D eigenvalue weighted by Gasteiger charge is -2.28. The molecule has 3 nitrogen and oxygen atoms in total. The average Bonchev–Trinajstić information content (AvgIpc) is 2.18. The standard InChI is InChI=1S/C10H20ClNO2/c1-4-9(2)12(7-8-14-3)10(13)5-6-11/h9H,4-8H2,1-3H3. The van der Waals surface area contributed by atoms with E-state index < -0.39 is 0 Å². The molecule has 84 valence electrons. The van der Waals surface area contributed by atoms with Crippen LogP contribution in [0.4, 0.5) is 0 Å². The van der Waals surface area contributed by atoms with Gasteiger partial charge in [0.05, 0.1) is 6.61 Å². The zero-order valence-corrected chi connectivity index (χ0v) is 10.0. The average molecular weight is 222 g/mol. The van der Waals surface area contributed by atoms with Gasteiger partial charge >= 0.3 is 0 Å². The van der Waals surface area contributed by atoms with Crippen LogP contribution < -0.4 is 0 Å². The summed E-state index contributed by atoms with van der Waals surface area (Å²) in [5.74, 6) is 0.505. The van der Waals surface area contributed by atoms with Gasteiger partial charge in [-0.1, -0.05) is 6.92 Å². The molecule has 1 atom stereocenters. The molecule has 1 amide bonds. The molecular weight excluding hydrogens is 202 g/mol. The third-order valence-corrected chi connectivity index (χ3v) is 2.48. The van der Waals surface area contributed by atoms with E-state index in [-0.39, 0.29) is 11.9 Å². The van der Waals surface area contributed by atoms with Crippen molar-refractivity contribution in [2.24, 2.45) is 0 Å². The summed E-state index contributed by atoms with van der Waals surface area (Å²) < 4.78 is 4.97. The summed E-state index contributed by atoms with van der Waals surface area (Å²) in [7, 11) is 1.64. The van der Waals surface area contributed by atoms with Crippen molar-refractivity contribution < 1.29 is 9.53 Å². The second-order valence-corrected chi connectivity index (χ2v) is 3.65. The number of amides is 1. The smallest absolute Gasteiger partial charge is 0.224 e. The molecule has 0 saturated carbocycles. The van der Waals surface area contributed by atoms with Gasteiger partial charge in [-0.25, -0.2) is 0 Å². The second kappa shape index (κ2) is 8.06. The van der Waals surface area contributed by atoms with Crippen LogP contribution in [-0.4, -0.2) is 43.0 Å². The van der Waals surface area contributed by atoms with Crippen molar-refractivity contribution in [3.63, 3.8) is 0 Å². The summed E-state index contributed by atoms with van der Waals surface area (Å²) in [6.07, 6.45) is 1.37. The molecule has 0 aliphatic carbocycles. The summed E-state index contributed by atoms with van der Waals surface area (Å²) >= 11 is 5.54. The van der Waals surface area contributed by atoms with Crippen molar-refractivity contribution >= 4 is 17.5 Å². The number of rotatable bonds is 7. The fourth-order valence-corrected chi connectivity index (χ4v) is 1.39. The minimum absolute atomic E-state index is 0.117. The fraction of sp³-hybridized carbons (Fsp3) is 0.900. The molecule has 0 saturated heterocycles. The first kappa shape index (κ1) is 13.7. The lowest BCUT2D eigenvalue weighted by Crippen LogP contribution is -2.40. The molecule has 0 heterocycles. The Morgan fingerprint density at radius 3 is 2.64 bits per heavy atom. The number of carbonyl (C=O) groups is 1. The lowest BCUT2D eigenvalue weighted by atomic mass is 10.2. The molecule has 0 aromatic rings. The molecular formula is C10H20ClNO2. The van der Waals surface area contributed by atoms with E-state index >= 15 is 0 Å². The molecule has 0 spiro atoms. The number of carbonyl (C=O) groups excluding carboxylic acids is 1.